The highest BCUT2D eigenvalue weighted by molar-refractivity contribution is 5.85. The van der Waals surface area contributed by atoms with E-state index in [4.69, 9.17) is 4.74 Å². The van der Waals surface area contributed by atoms with E-state index in [1.807, 2.05) is 31.2 Å². The molecule has 0 radical (unpaired) electrons. The van der Waals surface area contributed by atoms with E-state index in [-0.39, 0.29) is 12.4 Å². The Kier molecular flexibility index (Phi) is 5.25. The van der Waals surface area contributed by atoms with E-state index in [1.165, 1.54) is 0 Å². The molecule has 4 heteroatoms. The second-order valence-electron chi connectivity index (χ2n) is 4.56. The molecule has 1 aliphatic rings. The number of aliphatic hydroxyl groups is 1. The molecule has 0 aliphatic carbocycles. The average Bonchev–Trinajstić information content (AvgIpc) is 2.29. The topological polar surface area (TPSA) is 41.5 Å². The first-order valence-electron chi connectivity index (χ1n) is 5.81. The van der Waals surface area contributed by atoms with Gasteiger partial charge in [0.15, 0.2) is 0 Å². The standard InChI is InChI=1S/C13H19NO2.ClH/c1-11-5-2-3-6-12(11)16-10-13(15)7-4-8-14-9-13;/h2-3,5-6,14-15H,4,7-10H2,1H3;1H. The van der Waals surface area contributed by atoms with Crippen molar-refractivity contribution in [3.8, 4) is 5.75 Å². The lowest BCUT2D eigenvalue weighted by Gasteiger charge is -2.32. The maximum Gasteiger partial charge on any atom is 0.122 e. The van der Waals surface area contributed by atoms with Gasteiger partial charge in [-0.25, -0.2) is 0 Å². The number of ether oxygens (including phenoxy) is 1. The molecule has 1 aliphatic heterocycles. The van der Waals surface area contributed by atoms with Crippen LogP contribution in [0.15, 0.2) is 24.3 Å². The van der Waals surface area contributed by atoms with Crippen LogP contribution >= 0.6 is 12.4 Å². The van der Waals surface area contributed by atoms with Crippen LogP contribution in [-0.2, 0) is 0 Å². The summed E-state index contributed by atoms with van der Waals surface area (Å²) in [6.07, 6.45) is 1.82. The van der Waals surface area contributed by atoms with Crippen LogP contribution in [0.4, 0.5) is 0 Å². The summed E-state index contributed by atoms with van der Waals surface area (Å²) in [7, 11) is 0. The molecular weight excluding hydrogens is 238 g/mol. The van der Waals surface area contributed by atoms with E-state index >= 15 is 0 Å². The Morgan fingerprint density at radius 3 is 2.82 bits per heavy atom. The van der Waals surface area contributed by atoms with Gasteiger partial charge < -0.3 is 15.2 Å². The number of hydrogen-bond acceptors (Lipinski definition) is 3. The first-order chi connectivity index (χ1) is 7.70. The van der Waals surface area contributed by atoms with Crippen LogP contribution in [0.1, 0.15) is 18.4 Å². The fraction of sp³-hybridized carbons (Fsp3) is 0.538. The minimum atomic E-state index is -0.708. The molecule has 0 spiro atoms. The van der Waals surface area contributed by atoms with Crippen molar-refractivity contribution in [2.24, 2.45) is 0 Å². The van der Waals surface area contributed by atoms with Gasteiger partial charge in [-0.15, -0.1) is 12.4 Å². The summed E-state index contributed by atoms with van der Waals surface area (Å²) in [6.45, 7) is 3.99. The third-order valence-electron chi connectivity index (χ3n) is 3.04. The van der Waals surface area contributed by atoms with Gasteiger partial charge in [-0.1, -0.05) is 18.2 Å². The van der Waals surface area contributed by atoms with Crippen molar-refractivity contribution in [1.29, 1.82) is 0 Å². The van der Waals surface area contributed by atoms with Gasteiger partial charge in [-0.05, 0) is 37.9 Å². The van der Waals surface area contributed by atoms with Gasteiger partial charge in [-0.2, -0.15) is 0 Å². The summed E-state index contributed by atoms with van der Waals surface area (Å²) in [5, 5.41) is 13.4. The molecule has 1 aromatic carbocycles. The number of benzene rings is 1. The van der Waals surface area contributed by atoms with Gasteiger partial charge >= 0.3 is 0 Å². The molecule has 1 heterocycles. The Labute approximate surface area is 109 Å². The number of aryl methyl sites for hydroxylation is 1. The highest BCUT2D eigenvalue weighted by atomic mass is 35.5. The molecule has 0 amide bonds. The molecule has 1 fully saturated rings. The van der Waals surface area contributed by atoms with Gasteiger partial charge in [0.1, 0.15) is 18.0 Å². The minimum Gasteiger partial charge on any atom is -0.490 e. The quantitative estimate of drug-likeness (QED) is 0.869. The zero-order chi connectivity index (χ0) is 11.4. The smallest absolute Gasteiger partial charge is 0.122 e. The molecule has 2 rings (SSSR count). The van der Waals surface area contributed by atoms with E-state index in [1.54, 1.807) is 0 Å². The molecule has 1 atom stereocenters. The second kappa shape index (κ2) is 6.24. The van der Waals surface area contributed by atoms with Gasteiger partial charge in [0, 0.05) is 6.54 Å². The number of β-amino-alcohol motifs (C(OH)–C–C–N with tert-alkyl or cyclic N) is 1. The Morgan fingerprint density at radius 1 is 1.41 bits per heavy atom. The number of rotatable bonds is 3. The highest BCUT2D eigenvalue weighted by Crippen LogP contribution is 2.21. The van der Waals surface area contributed by atoms with Crippen molar-refractivity contribution in [3.05, 3.63) is 29.8 Å². The molecule has 3 nitrogen and oxygen atoms in total. The predicted octanol–water partition coefficient (Wildman–Crippen LogP) is 1.91. The third kappa shape index (κ3) is 3.87. The molecule has 96 valence electrons. The highest BCUT2D eigenvalue weighted by Gasteiger charge is 2.30. The van der Waals surface area contributed by atoms with Gasteiger partial charge in [0.2, 0.25) is 0 Å². The normalized spacial score (nSPS) is 23.9. The Hall–Kier alpha value is -0.770. The van der Waals surface area contributed by atoms with Gasteiger partial charge in [0.05, 0.1) is 0 Å². The number of para-hydroxylation sites is 1. The number of halogens is 1. The third-order valence-corrected chi connectivity index (χ3v) is 3.04. The first kappa shape index (κ1) is 14.3. The average molecular weight is 258 g/mol. The summed E-state index contributed by atoms with van der Waals surface area (Å²) < 4.78 is 5.69. The summed E-state index contributed by atoms with van der Waals surface area (Å²) in [5.41, 5.74) is 0.399. The Bertz CT molecular complexity index is 351. The molecule has 1 saturated heterocycles. The largest absolute Gasteiger partial charge is 0.490 e. The molecule has 0 aromatic heterocycles. The van der Waals surface area contributed by atoms with Crippen LogP contribution in [0.2, 0.25) is 0 Å². The maximum atomic E-state index is 10.2. The monoisotopic (exact) mass is 257 g/mol. The zero-order valence-electron chi connectivity index (χ0n) is 10.1. The number of nitrogens with one attached hydrogen (secondary N) is 1. The Balaban J connectivity index is 0.00000144. The molecule has 0 saturated carbocycles. The summed E-state index contributed by atoms with van der Waals surface area (Å²) in [4.78, 5) is 0. The van der Waals surface area contributed by atoms with Crippen LogP contribution in [0.25, 0.3) is 0 Å². The van der Waals surface area contributed by atoms with Crippen LogP contribution in [0, 0.1) is 6.92 Å². The second-order valence-corrected chi connectivity index (χ2v) is 4.56. The van der Waals surface area contributed by atoms with Crippen LogP contribution < -0.4 is 10.1 Å². The lowest BCUT2D eigenvalue weighted by atomic mass is 9.95. The zero-order valence-corrected chi connectivity index (χ0v) is 10.9. The molecule has 1 unspecified atom stereocenters. The van der Waals surface area contributed by atoms with Crippen molar-refractivity contribution in [3.63, 3.8) is 0 Å². The van der Waals surface area contributed by atoms with Crippen LogP contribution in [0.3, 0.4) is 0 Å². The fourth-order valence-electron chi connectivity index (χ4n) is 2.01. The van der Waals surface area contributed by atoms with Crippen molar-refractivity contribution in [1.82, 2.24) is 5.32 Å². The predicted molar refractivity (Wildman–Crippen MR) is 71.0 cm³/mol. The van der Waals surface area contributed by atoms with E-state index in [0.717, 1.165) is 30.7 Å². The SMILES string of the molecule is Cc1ccccc1OCC1(O)CCCNC1.Cl. The van der Waals surface area contributed by atoms with Gasteiger partial charge in [-0.3, -0.25) is 0 Å². The number of piperidine rings is 1. The lowest BCUT2D eigenvalue weighted by Crippen LogP contribution is -2.49. The molecule has 2 N–H and O–H groups in total. The van der Waals surface area contributed by atoms with Gasteiger partial charge in [0.25, 0.3) is 0 Å². The van der Waals surface area contributed by atoms with Crippen molar-refractivity contribution >= 4 is 12.4 Å². The maximum absolute atomic E-state index is 10.2. The summed E-state index contributed by atoms with van der Waals surface area (Å²) in [5.74, 6) is 0.862. The van der Waals surface area contributed by atoms with Crippen molar-refractivity contribution in [2.45, 2.75) is 25.4 Å². The molecule has 17 heavy (non-hydrogen) atoms. The fourth-order valence-corrected chi connectivity index (χ4v) is 2.01. The van der Waals surface area contributed by atoms with Crippen LogP contribution in [-0.4, -0.2) is 30.4 Å². The molecule has 0 bridgehead atoms. The number of hydrogen-bond donors (Lipinski definition) is 2. The Morgan fingerprint density at radius 2 is 2.18 bits per heavy atom. The lowest BCUT2D eigenvalue weighted by molar-refractivity contribution is -0.0231. The van der Waals surface area contributed by atoms with Crippen molar-refractivity contribution < 1.29 is 9.84 Å². The van der Waals surface area contributed by atoms with E-state index in [9.17, 15) is 5.11 Å². The summed E-state index contributed by atoms with van der Waals surface area (Å²) in [6, 6.07) is 7.89. The first-order valence-corrected chi connectivity index (χ1v) is 5.81. The van der Waals surface area contributed by atoms with Crippen molar-refractivity contribution in [2.75, 3.05) is 19.7 Å². The minimum absolute atomic E-state index is 0. The molecular formula is C13H20ClNO2. The van der Waals surface area contributed by atoms with E-state index in [0.29, 0.717) is 13.2 Å². The van der Waals surface area contributed by atoms with E-state index < -0.39 is 5.60 Å². The van der Waals surface area contributed by atoms with E-state index in [2.05, 4.69) is 5.32 Å². The molecule has 1 aromatic rings. The summed E-state index contributed by atoms with van der Waals surface area (Å²) >= 11 is 0. The van der Waals surface area contributed by atoms with Crippen LogP contribution in [0.5, 0.6) is 5.75 Å².